The van der Waals surface area contributed by atoms with E-state index in [1.54, 1.807) is 18.6 Å². The molecule has 1 aromatic heterocycles. The van der Waals surface area contributed by atoms with Crippen molar-refractivity contribution in [2.45, 2.75) is 19.9 Å². The van der Waals surface area contributed by atoms with E-state index in [2.05, 4.69) is 50.5 Å². The topological polar surface area (TPSA) is 81.9 Å². The monoisotopic (exact) mass is 777 g/mol. The smallest absolute Gasteiger partial charge is 0.271 e. The number of anilines is 1. The van der Waals surface area contributed by atoms with E-state index in [0.717, 1.165) is 24.0 Å². The van der Waals surface area contributed by atoms with Crippen LogP contribution in [0.15, 0.2) is 87.8 Å². The molecule has 0 saturated carbocycles. The third-order valence-corrected chi connectivity index (χ3v) is 8.73. The van der Waals surface area contributed by atoms with E-state index in [1.807, 2.05) is 79.7 Å². The maximum atomic E-state index is 14.1. The molecule has 1 amide bonds. The lowest BCUT2D eigenvalue weighted by molar-refractivity contribution is -0.113. The van der Waals surface area contributed by atoms with Gasteiger partial charge < -0.3 is 14.8 Å². The Labute approximate surface area is 262 Å². The molecule has 0 spiro atoms. The van der Waals surface area contributed by atoms with Crippen LogP contribution in [0.3, 0.4) is 0 Å². The van der Waals surface area contributed by atoms with Crippen LogP contribution in [0.5, 0.6) is 11.5 Å². The molecule has 40 heavy (non-hydrogen) atoms. The SMILES string of the molecule is CCOc1c(I)cc(I)cc1/C=c1\sc2n(c1=O)[C@@H](c1cccc(OC)c1)C(C(=O)Nc1ccccc1)=C(C)N=2. The second-order valence-corrected chi connectivity index (χ2v) is 12.3. The summed E-state index contributed by atoms with van der Waals surface area (Å²) < 4.78 is 15.5. The van der Waals surface area contributed by atoms with Gasteiger partial charge in [0.2, 0.25) is 0 Å². The Hall–Kier alpha value is -2.97. The van der Waals surface area contributed by atoms with E-state index >= 15 is 0 Å². The largest absolute Gasteiger partial charge is 0.497 e. The van der Waals surface area contributed by atoms with Crippen molar-refractivity contribution in [1.29, 1.82) is 0 Å². The average Bonchev–Trinajstić information content (AvgIpc) is 3.24. The number of carbonyl (C=O) groups is 1. The minimum absolute atomic E-state index is 0.231. The van der Waals surface area contributed by atoms with Gasteiger partial charge in [0.1, 0.15) is 11.5 Å². The van der Waals surface area contributed by atoms with Crippen LogP contribution in [0, 0.1) is 7.14 Å². The number of nitrogens with one attached hydrogen (secondary N) is 1. The fourth-order valence-corrected chi connectivity index (χ4v) is 7.67. The van der Waals surface area contributed by atoms with Crippen LogP contribution in [0.25, 0.3) is 6.08 Å². The van der Waals surface area contributed by atoms with Gasteiger partial charge in [0.05, 0.1) is 39.1 Å². The summed E-state index contributed by atoms with van der Waals surface area (Å²) >= 11 is 5.81. The summed E-state index contributed by atoms with van der Waals surface area (Å²) in [4.78, 5) is 33.1. The van der Waals surface area contributed by atoms with E-state index in [1.165, 1.54) is 11.3 Å². The number of hydrogen-bond acceptors (Lipinski definition) is 6. The Morgan fingerprint density at radius 2 is 1.90 bits per heavy atom. The van der Waals surface area contributed by atoms with Crippen LogP contribution in [-0.4, -0.2) is 24.2 Å². The third kappa shape index (κ3) is 5.75. The maximum absolute atomic E-state index is 14.1. The Kier molecular flexibility index (Phi) is 8.76. The van der Waals surface area contributed by atoms with Gasteiger partial charge in [-0.3, -0.25) is 14.2 Å². The van der Waals surface area contributed by atoms with Gasteiger partial charge in [-0.2, -0.15) is 0 Å². The molecule has 0 saturated heterocycles. The van der Waals surface area contributed by atoms with Crippen LogP contribution in [0.4, 0.5) is 5.69 Å². The molecule has 2 heterocycles. The average molecular weight is 777 g/mol. The zero-order valence-electron chi connectivity index (χ0n) is 21.9. The van der Waals surface area contributed by atoms with Crippen molar-refractivity contribution in [3.05, 3.63) is 116 Å². The number of nitrogens with zero attached hydrogens (tertiary/aromatic N) is 2. The lowest BCUT2D eigenvalue weighted by Gasteiger charge is -2.25. The number of amides is 1. The van der Waals surface area contributed by atoms with E-state index in [-0.39, 0.29) is 11.5 Å². The highest BCUT2D eigenvalue weighted by Gasteiger charge is 2.33. The van der Waals surface area contributed by atoms with Crippen molar-refractivity contribution in [3.8, 4) is 11.5 Å². The van der Waals surface area contributed by atoms with Crippen LogP contribution in [0.2, 0.25) is 0 Å². The first-order valence-electron chi connectivity index (χ1n) is 12.5. The highest BCUT2D eigenvalue weighted by Crippen LogP contribution is 2.33. The van der Waals surface area contributed by atoms with Crippen LogP contribution >= 0.6 is 56.5 Å². The Morgan fingerprint density at radius 1 is 1.12 bits per heavy atom. The second kappa shape index (κ2) is 12.3. The van der Waals surface area contributed by atoms with Crippen LogP contribution < -0.4 is 29.7 Å². The summed E-state index contributed by atoms with van der Waals surface area (Å²) in [5, 5.41) is 2.98. The predicted octanol–water partition coefficient (Wildman–Crippen LogP) is 5.49. The normalized spacial score (nSPS) is 14.9. The summed E-state index contributed by atoms with van der Waals surface area (Å²) in [5.41, 5.74) is 2.94. The van der Waals surface area contributed by atoms with Gasteiger partial charge in [0.25, 0.3) is 11.5 Å². The zero-order valence-corrected chi connectivity index (χ0v) is 27.0. The Balaban J connectivity index is 1.71. The minimum atomic E-state index is -0.695. The predicted molar refractivity (Wildman–Crippen MR) is 175 cm³/mol. The number of para-hydroxylation sites is 1. The second-order valence-electron chi connectivity index (χ2n) is 8.92. The highest BCUT2D eigenvalue weighted by molar-refractivity contribution is 14.1. The van der Waals surface area contributed by atoms with Crippen LogP contribution in [0.1, 0.15) is 31.0 Å². The number of carbonyl (C=O) groups excluding carboxylic acids is 1. The summed E-state index contributed by atoms with van der Waals surface area (Å²) in [6.45, 7) is 4.25. The Morgan fingerprint density at radius 3 is 2.62 bits per heavy atom. The summed E-state index contributed by atoms with van der Waals surface area (Å²) in [6.07, 6.45) is 1.85. The first-order chi connectivity index (χ1) is 19.3. The molecular formula is C30H25I2N3O4S. The van der Waals surface area contributed by atoms with Gasteiger partial charge in [-0.05, 0) is 107 Å². The highest BCUT2D eigenvalue weighted by atomic mass is 127. The molecule has 1 N–H and O–H groups in total. The number of rotatable bonds is 7. The quantitative estimate of drug-likeness (QED) is 0.252. The molecular weight excluding hydrogens is 752 g/mol. The van der Waals surface area contributed by atoms with Crippen molar-refractivity contribution in [3.63, 3.8) is 0 Å². The third-order valence-electron chi connectivity index (χ3n) is 6.32. The molecule has 1 atom stereocenters. The van der Waals surface area contributed by atoms with Crippen molar-refractivity contribution >= 4 is 74.2 Å². The molecule has 0 fully saturated rings. The number of methoxy groups -OCH3 is 1. The van der Waals surface area contributed by atoms with Crippen molar-refractivity contribution in [2.75, 3.05) is 19.0 Å². The maximum Gasteiger partial charge on any atom is 0.271 e. The summed E-state index contributed by atoms with van der Waals surface area (Å²) in [6, 6.07) is 20.0. The number of benzene rings is 3. The Bertz CT molecular complexity index is 1810. The van der Waals surface area contributed by atoms with E-state index < -0.39 is 6.04 Å². The minimum Gasteiger partial charge on any atom is -0.497 e. The molecule has 0 bridgehead atoms. The molecule has 1 aliphatic rings. The number of fused-ring (bicyclic) bond motifs is 1. The molecule has 4 aromatic rings. The van der Waals surface area contributed by atoms with Gasteiger partial charge in [-0.15, -0.1) is 0 Å². The number of ether oxygens (including phenoxy) is 2. The molecule has 204 valence electrons. The lowest BCUT2D eigenvalue weighted by atomic mass is 9.95. The number of thiazole rings is 1. The van der Waals surface area contributed by atoms with Gasteiger partial charge in [-0.1, -0.05) is 41.7 Å². The van der Waals surface area contributed by atoms with Gasteiger partial charge in [0, 0.05) is 14.8 Å². The number of halogens is 2. The summed E-state index contributed by atoms with van der Waals surface area (Å²) in [7, 11) is 1.59. The van der Waals surface area contributed by atoms with Crippen molar-refractivity contribution < 1.29 is 14.3 Å². The van der Waals surface area contributed by atoms with Gasteiger partial charge in [0.15, 0.2) is 4.80 Å². The first-order valence-corrected chi connectivity index (χ1v) is 15.4. The standard InChI is InChI=1S/C30H25I2N3O4S/c1-4-39-27-19(13-20(31)16-23(27)32)15-24-29(37)35-26(18-9-8-12-22(14-18)38-3)25(17(2)33-30(35)40-24)28(36)34-21-10-6-5-7-11-21/h5-16,26H,4H2,1-3H3,(H,34,36)/b24-15-/t26-/m0/s1. The van der Waals surface area contributed by atoms with E-state index in [0.29, 0.717) is 38.6 Å². The fourth-order valence-electron chi connectivity index (χ4n) is 4.58. The number of aromatic nitrogens is 1. The summed E-state index contributed by atoms with van der Waals surface area (Å²) in [5.74, 6) is 1.05. The molecule has 10 heteroatoms. The van der Waals surface area contributed by atoms with Crippen molar-refractivity contribution in [2.24, 2.45) is 4.99 Å². The zero-order chi connectivity index (χ0) is 28.4. The van der Waals surface area contributed by atoms with Gasteiger partial charge >= 0.3 is 0 Å². The van der Waals surface area contributed by atoms with E-state index in [9.17, 15) is 9.59 Å². The molecule has 5 rings (SSSR count). The van der Waals surface area contributed by atoms with Crippen molar-refractivity contribution in [1.82, 2.24) is 4.57 Å². The fraction of sp³-hybridized carbons (Fsp3) is 0.167. The first kappa shape index (κ1) is 28.6. The number of hydrogen-bond donors (Lipinski definition) is 1. The molecule has 0 radical (unpaired) electrons. The molecule has 0 unspecified atom stereocenters. The van der Waals surface area contributed by atoms with Crippen LogP contribution in [-0.2, 0) is 4.79 Å². The molecule has 7 nitrogen and oxygen atoms in total. The van der Waals surface area contributed by atoms with Gasteiger partial charge in [-0.25, -0.2) is 4.99 Å². The lowest BCUT2D eigenvalue weighted by Crippen LogP contribution is -2.40. The number of allylic oxidation sites excluding steroid dienone is 1. The molecule has 3 aromatic carbocycles. The molecule has 0 aliphatic carbocycles. The molecule has 1 aliphatic heterocycles. The van der Waals surface area contributed by atoms with E-state index in [4.69, 9.17) is 14.5 Å².